The van der Waals surface area contributed by atoms with Gasteiger partial charge in [0.1, 0.15) is 12.1 Å². The van der Waals surface area contributed by atoms with E-state index in [1.165, 1.54) is 6.33 Å². The van der Waals surface area contributed by atoms with E-state index in [2.05, 4.69) is 20.4 Å². The number of anilines is 2. The molecule has 1 amide bonds. The largest absolute Gasteiger partial charge is 0.355 e. The molecule has 7 nitrogen and oxygen atoms in total. The van der Waals surface area contributed by atoms with Gasteiger partial charge in [-0.05, 0) is 36.8 Å². The number of carbonyl (C=O) groups excluding carboxylic acids is 1. The van der Waals surface area contributed by atoms with Gasteiger partial charge in [-0.15, -0.1) is 0 Å². The van der Waals surface area contributed by atoms with Gasteiger partial charge in [0.25, 0.3) is 0 Å². The van der Waals surface area contributed by atoms with Gasteiger partial charge in [-0.2, -0.15) is 5.10 Å². The van der Waals surface area contributed by atoms with Gasteiger partial charge >= 0.3 is 0 Å². The minimum atomic E-state index is -0.0757. The van der Waals surface area contributed by atoms with Gasteiger partial charge < -0.3 is 10.2 Å². The molecule has 1 saturated heterocycles. The summed E-state index contributed by atoms with van der Waals surface area (Å²) in [6.45, 7) is 3.16. The maximum atomic E-state index is 12.4. The summed E-state index contributed by atoms with van der Waals surface area (Å²) in [4.78, 5) is 23.0. The summed E-state index contributed by atoms with van der Waals surface area (Å²) in [5.74, 6) is 1.42. The lowest BCUT2D eigenvalue weighted by Crippen LogP contribution is -2.52. The minimum absolute atomic E-state index is 0.00743. The molecule has 0 saturated carbocycles. The monoisotopic (exact) mass is 368 g/mol. The molecular weight excluding hydrogens is 352 g/mol. The highest BCUT2D eigenvalue weighted by Crippen LogP contribution is 2.26. The number of hydrogen-bond donors (Lipinski definition) is 1. The van der Waals surface area contributed by atoms with Crippen LogP contribution >= 0.6 is 11.6 Å². The van der Waals surface area contributed by atoms with Crippen molar-refractivity contribution in [2.45, 2.75) is 6.92 Å². The Balaban J connectivity index is 1.39. The Labute approximate surface area is 155 Å². The zero-order chi connectivity index (χ0) is 18.1. The Morgan fingerprint density at radius 2 is 2.04 bits per heavy atom. The highest BCUT2D eigenvalue weighted by atomic mass is 35.5. The van der Waals surface area contributed by atoms with Gasteiger partial charge in [0, 0.05) is 42.3 Å². The quantitative estimate of drug-likeness (QED) is 0.766. The Kier molecular flexibility index (Phi) is 4.30. The Hall–Kier alpha value is -2.93. The Morgan fingerprint density at radius 3 is 2.77 bits per heavy atom. The second-order valence-electron chi connectivity index (χ2n) is 6.24. The van der Waals surface area contributed by atoms with Crippen LogP contribution in [0, 0.1) is 12.8 Å². The highest BCUT2D eigenvalue weighted by Gasteiger charge is 2.33. The van der Waals surface area contributed by atoms with Gasteiger partial charge in [-0.1, -0.05) is 11.6 Å². The molecule has 1 aliphatic heterocycles. The van der Waals surface area contributed by atoms with E-state index >= 15 is 0 Å². The van der Waals surface area contributed by atoms with Gasteiger partial charge in [0.05, 0.1) is 5.92 Å². The molecule has 0 bridgehead atoms. The van der Waals surface area contributed by atoms with Crippen molar-refractivity contribution in [2.75, 3.05) is 23.3 Å². The maximum Gasteiger partial charge on any atom is 0.231 e. The van der Waals surface area contributed by atoms with E-state index < -0.39 is 0 Å². The zero-order valence-electron chi connectivity index (χ0n) is 14.1. The molecular formula is C18H17ClN6O. The molecule has 4 rings (SSSR count). The van der Waals surface area contributed by atoms with Crippen molar-refractivity contribution in [2.24, 2.45) is 5.92 Å². The van der Waals surface area contributed by atoms with E-state index in [0.717, 1.165) is 17.1 Å². The summed E-state index contributed by atoms with van der Waals surface area (Å²) in [6, 6.07) is 9.14. The van der Waals surface area contributed by atoms with E-state index in [1.54, 1.807) is 16.9 Å². The maximum absolute atomic E-state index is 12.4. The molecule has 26 heavy (non-hydrogen) atoms. The first-order chi connectivity index (χ1) is 12.6. The lowest BCUT2D eigenvalue weighted by Gasteiger charge is -2.39. The van der Waals surface area contributed by atoms with Crippen LogP contribution in [0.25, 0.3) is 5.82 Å². The number of nitrogens with one attached hydrogen (secondary N) is 1. The van der Waals surface area contributed by atoms with Crippen molar-refractivity contribution in [3.05, 3.63) is 59.6 Å². The summed E-state index contributed by atoms with van der Waals surface area (Å²) in [5, 5.41) is 7.80. The van der Waals surface area contributed by atoms with Crippen molar-refractivity contribution in [1.82, 2.24) is 19.7 Å². The molecule has 0 aliphatic carbocycles. The first-order valence-electron chi connectivity index (χ1n) is 8.24. The molecule has 0 spiro atoms. The molecule has 1 N–H and O–H groups in total. The minimum Gasteiger partial charge on any atom is -0.355 e. The fourth-order valence-electron chi connectivity index (χ4n) is 2.87. The number of amides is 1. The summed E-state index contributed by atoms with van der Waals surface area (Å²) >= 11 is 5.95. The Morgan fingerprint density at radius 1 is 1.23 bits per heavy atom. The van der Waals surface area contributed by atoms with Gasteiger partial charge in [0.15, 0.2) is 5.82 Å². The second kappa shape index (κ2) is 6.76. The van der Waals surface area contributed by atoms with Gasteiger partial charge in [0.2, 0.25) is 5.91 Å². The van der Waals surface area contributed by atoms with Crippen molar-refractivity contribution < 1.29 is 4.79 Å². The number of aryl methyl sites for hydroxylation is 1. The molecule has 3 aromatic rings. The molecule has 8 heteroatoms. The number of carbonyl (C=O) groups is 1. The smallest absolute Gasteiger partial charge is 0.231 e. The third-order valence-corrected chi connectivity index (χ3v) is 4.64. The van der Waals surface area contributed by atoms with Crippen LogP contribution in [0.5, 0.6) is 0 Å². The van der Waals surface area contributed by atoms with Crippen molar-refractivity contribution in [3.63, 3.8) is 0 Å². The molecule has 3 heterocycles. The average Bonchev–Trinajstić information content (AvgIpc) is 3.11. The van der Waals surface area contributed by atoms with E-state index in [-0.39, 0.29) is 11.8 Å². The summed E-state index contributed by atoms with van der Waals surface area (Å²) < 4.78 is 1.68. The molecule has 2 aromatic heterocycles. The average molecular weight is 369 g/mol. The number of benzene rings is 1. The SMILES string of the molecule is Cc1cc(Cl)ccc1NC(=O)C1CN(c2cc(-n3cccn3)ncn2)C1. The van der Waals surface area contributed by atoms with Crippen LogP contribution in [0.2, 0.25) is 5.02 Å². The lowest BCUT2D eigenvalue weighted by atomic mass is 9.99. The van der Waals surface area contributed by atoms with Crippen LogP contribution < -0.4 is 10.2 Å². The van der Waals surface area contributed by atoms with Crippen LogP contribution in [-0.4, -0.2) is 38.7 Å². The fraction of sp³-hybridized carbons (Fsp3) is 0.222. The highest BCUT2D eigenvalue weighted by molar-refractivity contribution is 6.30. The van der Waals surface area contributed by atoms with Crippen LogP contribution in [0.15, 0.2) is 49.1 Å². The molecule has 0 radical (unpaired) electrons. The van der Waals surface area contributed by atoms with Crippen LogP contribution in [0.1, 0.15) is 5.56 Å². The number of rotatable bonds is 4. The first-order valence-corrected chi connectivity index (χ1v) is 8.62. The number of aromatic nitrogens is 4. The van der Waals surface area contributed by atoms with Gasteiger partial charge in [-0.3, -0.25) is 4.79 Å². The molecule has 1 aliphatic rings. The van der Waals surface area contributed by atoms with E-state index in [0.29, 0.717) is 23.9 Å². The van der Waals surface area contributed by atoms with Crippen LogP contribution in [0.4, 0.5) is 11.5 Å². The zero-order valence-corrected chi connectivity index (χ0v) is 14.9. The normalized spacial score (nSPS) is 14.2. The number of hydrogen-bond acceptors (Lipinski definition) is 5. The molecule has 1 fully saturated rings. The first kappa shape index (κ1) is 16.5. The molecule has 0 atom stereocenters. The van der Waals surface area contributed by atoms with E-state index in [4.69, 9.17) is 11.6 Å². The summed E-state index contributed by atoms with van der Waals surface area (Å²) in [7, 11) is 0. The van der Waals surface area contributed by atoms with Gasteiger partial charge in [-0.25, -0.2) is 14.6 Å². The second-order valence-corrected chi connectivity index (χ2v) is 6.67. The number of nitrogens with zero attached hydrogens (tertiary/aromatic N) is 5. The van der Waals surface area contributed by atoms with Crippen molar-refractivity contribution >= 4 is 29.0 Å². The predicted molar refractivity (Wildman–Crippen MR) is 99.7 cm³/mol. The molecule has 1 aromatic carbocycles. The number of halogens is 1. The predicted octanol–water partition coefficient (Wildman–Crippen LogP) is 2.70. The molecule has 132 valence electrons. The Bertz CT molecular complexity index is 937. The van der Waals surface area contributed by atoms with E-state index in [1.807, 2.05) is 42.3 Å². The third kappa shape index (κ3) is 3.25. The molecule has 0 unspecified atom stereocenters. The van der Waals surface area contributed by atoms with Crippen molar-refractivity contribution in [3.8, 4) is 5.82 Å². The fourth-order valence-corrected chi connectivity index (χ4v) is 3.10. The van der Waals surface area contributed by atoms with Crippen LogP contribution in [-0.2, 0) is 4.79 Å². The van der Waals surface area contributed by atoms with Crippen molar-refractivity contribution in [1.29, 1.82) is 0 Å². The topological polar surface area (TPSA) is 75.9 Å². The summed E-state index contributed by atoms with van der Waals surface area (Å²) in [6.07, 6.45) is 5.04. The van der Waals surface area contributed by atoms with Crippen LogP contribution in [0.3, 0.4) is 0 Å². The lowest BCUT2D eigenvalue weighted by molar-refractivity contribution is -0.120. The van der Waals surface area contributed by atoms with E-state index in [9.17, 15) is 4.79 Å². The third-order valence-electron chi connectivity index (χ3n) is 4.40. The summed E-state index contributed by atoms with van der Waals surface area (Å²) in [5.41, 5.74) is 1.74. The standard InChI is InChI=1S/C18H17ClN6O/c1-12-7-14(19)3-4-15(12)23-18(26)13-9-24(10-13)16-8-17(21-11-20-16)25-6-2-5-22-25/h2-8,11,13H,9-10H2,1H3,(H,23,26).